The predicted octanol–water partition coefficient (Wildman–Crippen LogP) is 3.24. The Bertz CT molecular complexity index is 845. The molecule has 128 valence electrons. The van der Waals surface area contributed by atoms with E-state index >= 15 is 0 Å². The Labute approximate surface area is 143 Å². The summed E-state index contributed by atoms with van der Waals surface area (Å²) >= 11 is 0. The molecule has 24 heavy (non-hydrogen) atoms. The standard InChI is InChI=1S/C18H22N2O3S/c1-4-11-19-18(21)15-7-5-6-8-16(15)20-24(22,23)17-12-13(2)9-10-14(17)3/h5-10,12,20H,4,11H2,1-3H3,(H,19,21). The molecule has 0 atom stereocenters. The summed E-state index contributed by atoms with van der Waals surface area (Å²) in [4.78, 5) is 12.4. The number of nitrogens with one attached hydrogen (secondary N) is 2. The van der Waals surface area contributed by atoms with Crippen molar-refractivity contribution < 1.29 is 13.2 Å². The average molecular weight is 346 g/mol. The van der Waals surface area contributed by atoms with Crippen LogP contribution >= 0.6 is 0 Å². The molecule has 0 heterocycles. The number of para-hydroxylation sites is 1. The van der Waals surface area contributed by atoms with Crippen LogP contribution in [0.25, 0.3) is 0 Å². The van der Waals surface area contributed by atoms with E-state index in [1.807, 2.05) is 19.9 Å². The van der Waals surface area contributed by atoms with E-state index in [4.69, 9.17) is 0 Å². The first-order chi connectivity index (χ1) is 11.3. The summed E-state index contributed by atoms with van der Waals surface area (Å²) in [6.07, 6.45) is 0.808. The van der Waals surface area contributed by atoms with Crippen LogP contribution in [0.3, 0.4) is 0 Å². The molecule has 2 rings (SSSR count). The van der Waals surface area contributed by atoms with Crippen molar-refractivity contribution in [3.05, 3.63) is 59.2 Å². The lowest BCUT2D eigenvalue weighted by Gasteiger charge is -2.14. The summed E-state index contributed by atoms with van der Waals surface area (Å²) in [6.45, 7) is 6.07. The Morgan fingerprint density at radius 3 is 2.50 bits per heavy atom. The minimum atomic E-state index is -3.77. The maximum absolute atomic E-state index is 12.7. The minimum absolute atomic E-state index is 0.214. The SMILES string of the molecule is CCCNC(=O)c1ccccc1NS(=O)(=O)c1cc(C)ccc1C. The molecule has 2 N–H and O–H groups in total. The van der Waals surface area contributed by atoms with Crippen LogP contribution < -0.4 is 10.0 Å². The molecule has 2 aromatic carbocycles. The Balaban J connectivity index is 2.37. The summed E-state index contributed by atoms with van der Waals surface area (Å²) in [5.74, 6) is -0.295. The van der Waals surface area contributed by atoms with Gasteiger partial charge in [-0.2, -0.15) is 0 Å². The summed E-state index contributed by atoms with van der Waals surface area (Å²) < 4.78 is 28.0. The first kappa shape index (κ1) is 18.0. The number of benzene rings is 2. The van der Waals surface area contributed by atoms with Gasteiger partial charge in [0.2, 0.25) is 0 Å². The predicted molar refractivity (Wildman–Crippen MR) is 95.8 cm³/mol. The van der Waals surface area contributed by atoms with E-state index in [1.165, 1.54) is 0 Å². The fourth-order valence-corrected chi connectivity index (χ4v) is 3.71. The highest BCUT2D eigenvalue weighted by molar-refractivity contribution is 7.92. The zero-order valence-electron chi connectivity index (χ0n) is 14.1. The lowest BCUT2D eigenvalue weighted by molar-refractivity contribution is 0.0954. The smallest absolute Gasteiger partial charge is 0.262 e. The molecule has 0 spiro atoms. The highest BCUT2D eigenvalue weighted by atomic mass is 32.2. The highest BCUT2D eigenvalue weighted by Crippen LogP contribution is 2.23. The Kier molecular flexibility index (Phi) is 5.62. The van der Waals surface area contributed by atoms with Crippen LogP contribution in [0, 0.1) is 13.8 Å². The first-order valence-corrected chi connectivity index (χ1v) is 9.30. The number of hydrogen-bond acceptors (Lipinski definition) is 3. The second-order valence-electron chi connectivity index (χ2n) is 5.68. The third kappa shape index (κ3) is 4.14. The Hall–Kier alpha value is -2.34. The monoisotopic (exact) mass is 346 g/mol. The van der Waals surface area contributed by atoms with Crippen molar-refractivity contribution in [2.45, 2.75) is 32.1 Å². The van der Waals surface area contributed by atoms with Crippen LogP contribution in [0.4, 0.5) is 5.69 Å². The molecule has 0 aliphatic rings. The van der Waals surface area contributed by atoms with Gasteiger partial charge in [-0.1, -0.05) is 31.2 Å². The van der Waals surface area contributed by atoms with E-state index in [1.54, 1.807) is 43.3 Å². The summed E-state index contributed by atoms with van der Waals surface area (Å²) in [7, 11) is -3.77. The van der Waals surface area contributed by atoms with Gasteiger partial charge in [-0.25, -0.2) is 8.42 Å². The van der Waals surface area contributed by atoms with E-state index in [-0.39, 0.29) is 16.5 Å². The van der Waals surface area contributed by atoms with Gasteiger partial charge in [0.1, 0.15) is 0 Å². The summed E-state index contributed by atoms with van der Waals surface area (Å²) in [6, 6.07) is 11.8. The molecule has 5 nitrogen and oxygen atoms in total. The van der Waals surface area contributed by atoms with Crippen LogP contribution in [0.15, 0.2) is 47.4 Å². The number of carbonyl (C=O) groups excluding carboxylic acids is 1. The third-order valence-corrected chi connectivity index (χ3v) is 5.09. The molecular formula is C18H22N2O3S. The van der Waals surface area contributed by atoms with Crippen LogP contribution in [0.5, 0.6) is 0 Å². The Morgan fingerprint density at radius 2 is 1.79 bits per heavy atom. The van der Waals surface area contributed by atoms with Gasteiger partial charge < -0.3 is 5.32 Å². The van der Waals surface area contributed by atoms with E-state index in [0.717, 1.165) is 12.0 Å². The van der Waals surface area contributed by atoms with Gasteiger partial charge in [-0.15, -0.1) is 0 Å². The number of aryl methyl sites for hydroxylation is 2. The molecule has 6 heteroatoms. The quantitative estimate of drug-likeness (QED) is 0.843. The van der Waals surface area contributed by atoms with Crippen LogP contribution in [-0.4, -0.2) is 20.9 Å². The third-order valence-electron chi connectivity index (χ3n) is 3.58. The van der Waals surface area contributed by atoms with Gasteiger partial charge in [-0.05, 0) is 49.6 Å². The molecule has 0 unspecified atom stereocenters. The number of rotatable bonds is 6. The number of amides is 1. The molecule has 0 radical (unpaired) electrons. The number of anilines is 1. The average Bonchev–Trinajstić information content (AvgIpc) is 2.55. The van der Waals surface area contributed by atoms with Gasteiger partial charge in [0.05, 0.1) is 16.1 Å². The second-order valence-corrected chi connectivity index (χ2v) is 7.33. The molecular weight excluding hydrogens is 324 g/mol. The van der Waals surface area contributed by atoms with Crippen molar-refractivity contribution >= 4 is 21.6 Å². The summed E-state index contributed by atoms with van der Waals surface area (Å²) in [5.41, 5.74) is 2.09. The second kappa shape index (κ2) is 7.49. The van der Waals surface area contributed by atoms with E-state index in [9.17, 15) is 13.2 Å². The molecule has 0 saturated heterocycles. The lowest BCUT2D eigenvalue weighted by Crippen LogP contribution is -2.26. The Morgan fingerprint density at radius 1 is 1.08 bits per heavy atom. The first-order valence-electron chi connectivity index (χ1n) is 7.82. The van der Waals surface area contributed by atoms with Crippen LogP contribution in [0.2, 0.25) is 0 Å². The lowest BCUT2D eigenvalue weighted by atomic mass is 10.1. The normalized spacial score (nSPS) is 11.1. The molecule has 0 aromatic heterocycles. The van der Waals surface area contributed by atoms with Crippen molar-refractivity contribution in [3.8, 4) is 0 Å². The largest absolute Gasteiger partial charge is 0.352 e. The molecule has 0 fully saturated rings. The molecule has 0 aliphatic heterocycles. The topological polar surface area (TPSA) is 75.3 Å². The van der Waals surface area contributed by atoms with Crippen LogP contribution in [-0.2, 0) is 10.0 Å². The van der Waals surface area contributed by atoms with E-state index in [0.29, 0.717) is 17.7 Å². The highest BCUT2D eigenvalue weighted by Gasteiger charge is 2.20. The van der Waals surface area contributed by atoms with Gasteiger partial charge in [-0.3, -0.25) is 9.52 Å². The van der Waals surface area contributed by atoms with Gasteiger partial charge in [0, 0.05) is 6.54 Å². The molecule has 0 aliphatic carbocycles. The number of sulfonamides is 1. The van der Waals surface area contributed by atoms with Gasteiger partial charge in [0.25, 0.3) is 15.9 Å². The molecule has 2 aromatic rings. The van der Waals surface area contributed by atoms with E-state index < -0.39 is 10.0 Å². The minimum Gasteiger partial charge on any atom is -0.352 e. The number of carbonyl (C=O) groups is 1. The fraction of sp³-hybridized carbons (Fsp3) is 0.278. The van der Waals surface area contributed by atoms with Crippen molar-refractivity contribution in [3.63, 3.8) is 0 Å². The van der Waals surface area contributed by atoms with Crippen molar-refractivity contribution in [1.82, 2.24) is 5.32 Å². The zero-order valence-corrected chi connectivity index (χ0v) is 14.9. The van der Waals surface area contributed by atoms with Gasteiger partial charge >= 0.3 is 0 Å². The van der Waals surface area contributed by atoms with Crippen molar-refractivity contribution in [2.75, 3.05) is 11.3 Å². The van der Waals surface area contributed by atoms with Crippen molar-refractivity contribution in [1.29, 1.82) is 0 Å². The number of hydrogen-bond donors (Lipinski definition) is 2. The van der Waals surface area contributed by atoms with Crippen molar-refractivity contribution in [2.24, 2.45) is 0 Å². The molecule has 1 amide bonds. The zero-order chi connectivity index (χ0) is 17.7. The van der Waals surface area contributed by atoms with E-state index in [2.05, 4.69) is 10.0 Å². The maximum Gasteiger partial charge on any atom is 0.262 e. The molecule has 0 saturated carbocycles. The fourth-order valence-electron chi connectivity index (χ4n) is 2.30. The van der Waals surface area contributed by atoms with Crippen LogP contribution in [0.1, 0.15) is 34.8 Å². The maximum atomic E-state index is 12.7. The summed E-state index contributed by atoms with van der Waals surface area (Å²) in [5, 5.41) is 2.76. The molecule has 0 bridgehead atoms. The van der Waals surface area contributed by atoms with Gasteiger partial charge in [0.15, 0.2) is 0 Å².